The van der Waals surface area contributed by atoms with Crippen LogP contribution in [0, 0.1) is 6.92 Å². The molecule has 112 valence electrons. The van der Waals surface area contributed by atoms with Gasteiger partial charge in [0.05, 0.1) is 0 Å². The highest BCUT2D eigenvalue weighted by atomic mass is 15.2. The van der Waals surface area contributed by atoms with Gasteiger partial charge >= 0.3 is 0 Å². The number of hydrogen-bond acceptors (Lipinski definition) is 1. The average molecular weight is 283 g/mol. The summed E-state index contributed by atoms with van der Waals surface area (Å²) >= 11 is 0. The van der Waals surface area contributed by atoms with Gasteiger partial charge in [-0.05, 0) is 44.2 Å². The van der Waals surface area contributed by atoms with Crippen molar-refractivity contribution in [3.63, 3.8) is 0 Å². The molecule has 2 N–H and O–H groups in total. The van der Waals surface area contributed by atoms with E-state index in [1.165, 1.54) is 17.5 Å². The number of aryl methyl sites for hydroxylation is 1. The van der Waals surface area contributed by atoms with Gasteiger partial charge in [0.15, 0.2) is 5.96 Å². The van der Waals surface area contributed by atoms with E-state index < -0.39 is 0 Å². The SMILES string of the molecule is CCN=C(NC1CC=CC1)NC1CC1c1ccccc1C. The van der Waals surface area contributed by atoms with Crippen LogP contribution in [0.5, 0.6) is 0 Å². The van der Waals surface area contributed by atoms with Crippen molar-refractivity contribution in [3.05, 3.63) is 47.5 Å². The van der Waals surface area contributed by atoms with Crippen LogP contribution in [0.15, 0.2) is 41.4 Å². The van der Waals surface area contributed by atoms with E-state index in [2.05, 4.69) is 65.9 Å². The second-order valence-electron chi connectivity index (χ2n) is 6.06. The van der Waals surface area contributed by atoms with E-state index >= 15 is 0 Å². The molecule has 2 aliphatic carbocycles. The molecule has 0 bridgehead atoms. The Morgan fingerprint density at radius 1 is 1.19 bits per heavy atom. The lowest BCUT2D eigenvalue weighted by Crippen LogP contribution is -2.43. The van der Waals surface area contributed by atoms with E-state index in [1.807, 2.05) is 0 Å². The molecule has 0 radical (unpaired) electrons. The summed E-state index contributed by atoms with van der Waals surface area (Å²) in [6, 6.07) is 9.75. The molecular weight excluding hydrogens is 258 g/mol. The Hall–Kier alpha value is -1.77. The van der Waals surface area contributed by atoms with E-state index in [0.29, 0.717) is 18.0 Å². The van der Waals surface area contributed by atoms with Crippen molar-refractivity contribution in [2.45, 2.75) is 51.1 Å². The third kappa shape index (κ3) is 3.46. The number of aliphatic imine (C=N–C) groups is 1. The highest BCUT2D eigenvalue weighted by Gasteiger charge is 2.39. The van der Waals surface area contributed by atoms with Gasteiger partial charge in [-0.15, -0.1) is 0 Å². The van der Waals surface area contributed by atoms with Gasteiger partial charge in [-0.3, -0.25) is 4.99 Å². The Labute approximate surface area is 127 Å². The Morgan fingerprint density at radius 2 is 1.95 bits per heavy atom. The van der Waals surface area contributed by atoms with Gasteiger partial charge in [-0.25, -0.2) is 0 Å². The Morgan fingerprint density at radius 3 is 2.67 bits per heavy atom. The number of hydrogen-bond donors (Lipinski definition) is 2. The molecule has 0 amide bonds. The van der Waals surface area contributed by atoms with Gasteiger partial charge < -0.3 is 10.6 Å². The van der Waals surface area contributed by atoms with Crippen LogP contribution in [0.2, 0.25) is 0 Å². The van der Waals surface area contributed by atoms with E-state index in [-0.39, 0.29) is 0 Å². The van der Waals surface area contributed by atoms with E-state index in [9.17, 15) is 0 Å². The van der Waals surface area contributed by atoms with Crippen LogP contribution >= 0.6 is 0 Å². The number of rotatable bonds is 4. The second-order valence-corrected chi connectivity index (χ2v) is 6.06. The molecule has 2 atom stereocenters. The molecular formula is C18H25N3. The molecule has 21 heavy (non-hydrogen) atoms. The largest absolute Gasteiger partial charge is 0.353 e. The smallest absolute Gasteiger partial charge is 0.191 e. The van der Waals surface area contributed by atoms with Crippen LogP contribution < -0.4 is 10.6 Å². The van der Waals surface area contributed by atoms with Crippen LogP contribution in [0.3, 0.4) is 0 Å². The Balaban J connectivity index is 1.58. The normalized spacial score (nSPS) is 25.1. The highest BCUT2D eigenvalue weighted by molar-refractivity contribution is 5.81. The highest BCUT2D eigenvalue weighted by Crippen LogP contribution is 2.42. The lowest BCUT2D eigenvalue weighted by atomic mass is 10.0. The molecule has 0 saturated heterocycles. The second kappa shape index (κ2) is 6.33. The van der Waals surface area contributed by atoms with Crippen LogP contribution in [0.4, 0.5) is 0 Å². The van der Waals surface area contributed by atoms with Gasteiger partial charge in [-0.2, -0.15) is 0 Å². The van der Waals surface area contributed by atoms with Crippen LogP contribution in [-0.4, -0.2) is 24.6 Å². The summed E-state index contributed by atoms with van der Waals surface area (Å²) in [7, 11) is 0. The predicted molar refractivity (Wildman–Crippen MR) is 88.7 cm³/mol. The molecule has 3 heteroatoms. The maximum absolute atomic E-state index is 4.58. The molecule has 0 aliphatic heterocycles. The molecule has 1 fully saturated rings. The van der Waals surface area contributed by atoms with Gasteiger partial charge in [0, 0.05) is 24.5 Å². The molecule has 0 spiro atoms. The maximum Gasteiger partial charge on any atom is 0.191 e. The van der Waals surface area contributed by atoms with E-state index in [1.54, 1.807) is 0 Å². The third-order valence-corrected chi connectivity index (χ3v) is 4.37. The molecule has 1 aromatic carbocycles. The van der Waals surface area contributed by atoms with Gasteiger partial charge in [0.25, 0.3) is 0 Å². The van der Waals surface area contributed by atoms with Gasteiger partial charge in [0.1, 0.15) is 0 Å². The minimum Gasteiger partial charge on any atom is -0.353 e. The van der Waals surface area contributed by atoms with Gasteiger partial charge in [0.2, 0.25) is 0 Å². The summed E-state index contributed by atoms with van der Waals surface area (Å²) in [5, 5.41) is 7.16. The Bertz CT molecular complexity index is 539. The zero-order chi connectivity index (χ0) is 14.7. The monoisotopic (exact) mass is 283 g/mol. The van der Waals surface area contributed by atoms with Crippen molar-refractivity contribution in [1.82, 2.24) is 10.6 Å². The first-order chi connectivity index (χ1) is 10.3. The molecule has 1 aromatic rings. The topological polar surface area (TPSA) is 36.4 Å². The first kappa shape index (κ1) is 14.2. The van der Waals surface area contributed by atoms with Crippen molar-refractivity contribution in [2.75, 3.05) is 6.54 Å². The molecule has 3 rings (SSSR count). The van der Waals surface area contributed by atoms with Crippen LogP contribution in [0.1, 0.15) is 43.2 Å². The summed E-state index contributed by atoms with van der Waals surface area (Å²) in [5.41, 5.74) is 2.88. The summed E-state index contributed by atoms with van der Waals surface area (Å²) in [6.45, 7) is 5.10. The average Bonchev–Trinajstić information content (AvgIpc) is 3.03. The van der Waals surface area contributed by atoms with Crippen LogP contribution in [0.25, 0.3) is 0 Å². The molecule has 2 unspecified atom stereocenters. The summed E-state index contributed by atoms with van der Waals surface area (Å²) in [6.07, 6.45) is 7.91. The van der Waals surface area contributed by atoms with Crippen molar-refractivity contribution in [2.24, 2.45) is 4.99 Å². The quantitative estimate of drug-likeness (QED) is 0.506. The molecule has 0 heterocycles. The minimum atomic E-state index is 0.512. The van der Waals surface area contributed by atoms with Gasteiger partial charge in [-0.1, -0.05) is 36.4 Å². The lowest BCUT2D eigenvalue weighted by Gasteiger charge is -2.17. The van der Waals surface area contributed by atoms with Crippen LogP contribution in [-0.2, 0) is 0 Å². The number of nitrogens with one attached hydrogen (secondary N) is 2. The molecule has 1 saturated carbocycles. The number of benzene rings is 1. The summed E-state index contributed by atoms with van der Waals surface area (Å²) < 4.78 is 0. The standard InChI is InChI=1S/C18H25N3/c1-3-19-18(20-14-9-5-6-10-14)21-17-12-16(17)15-11-7-4-8-13(15)2/h4-8,11,14,16-17H,3,9-10,12H2,1-2H3,(H2,19,20,21). The number of nitrogens with zero attached hydrogens (tertiary/aromatic N) is 1. The molecule has 3 nitrogen and oxygen atoms in total. The first-order valence-corrected chi connectivity index (χ1v) is 8.06. The first-order valence-electron chi connectivity index (χ1n) is 8.06. The minimum absolute atomic E-state index is 0.512. The zero-order valence-corrected chi connectivity index (χ0v) is 13.0. The van der Waals surface area contributed by atoms with Crippen molar-refractivity contribution < 1.29 is 0 Å². The fourth-order valence-electron chi connectivity index (χ4n) is 3.10. The number of guanidine groups is 1. The van der Waals surface area contributed by atoms with Crippen molar-refractivity contribution in [1.29, 1.82) is 0 Å². The third-order valence-electron chi connectivity index (χ3n) is 4.37. The van der Waals surface area contributed by atoms with Crippen molar-refractivity contribution >= 4 is 5.96 Å². The van der Waals surface area contributed by atoms with E-state index in [0.717, 1.165) is 25.3 Å². The summed E-state index contributed by atoms with van der Waals surface area (Å²) in [4.78, 5) is 4.58. The van der Waals surface area contributed by atoms with Crippen molar-refractivity contribution in [3.8, 4) is 0 Å². The summed E-state index contributed by atoms with van der Waals surface area (Å²) in [5.74, 6) is 1.61. The predicted octanol–water partition coefficient (Wildman–Crippen LogP) is 3.12. The fraction of sp³-hybridized carbons (Fsp3) is 0.500. The lowest BCUT2D eigenvalue weighted by molar-refractivity contribution is 0.629. The maximum atomic E-state index is 4.58. The molecule has 0 aromatic heterocycles. The van der Waals surface area contributed by atoms with E-state index in [4.69, 9.17) is 0 Å². The fourth-order valence-corrected chi connectivity index (χ4v) is 3.10. The zero-order valence-electron chi connectivity index (χ0n) is 13.0. The Kier molecular flexibility index (Phi) is 4.28. The molecule has 2 aliphatic rings.